The summed E-state index contributed by atoms with van der Waals surface area (Å²) < 4.78 is 0. The first-order valence-electron chi connectivity index (χ1n) is 6.46. The maximum atomic E-state index is 5.34. The Hall–Kier alpha value is -2.14. The molecule has 5 heteroatoms. The molecule has 1 fully saturated rings. The molecule has 3 N–H and O–H groups in total. The lowest BCUT2D eigenvalue weighted by Gasteiger charge is -2.17. The zero-order valence-corrected chi connectivity index (χ0v) is 10.7. The summed E-state index contributed by atoms with van der Waals surface area (Å²) in [6.45, 7) is 2.01. The van der Waals surface area contributed by atoms with Crippen molar-refractivity contribution in [2.24, 2.45) is 5.84 Å². The summed E-state index contributed by atoms with van der Waals surface area (Å²) in [5, 5.41) is 0. The minimum Gasteiger partial charge on any atom is -0.356 e. The zero-order valence-electron chi connectivity index (χ0n) is 10.7. The molecule has 19 heavy (non-hydrogen) atoms. The van der Waals surface area contributed by atoms with Crippen LogP contribution in [-0.2, 0) is 0 Å². The van der Waals surface area contributed by atoms with E-state index in [4.69, 9.17) is 5.84 Å². The van der Waals surface area contributed by atoms with Crippen molar-refractivity contribution in [2.45, 2.75) is 12.3 Å². The lowest BCUT2D eigenvalue weighted by Crippen LogP contribution is -2.21. The fourth-order valence-electron chi connectivity index (χ4n) is 2.56. The minimum absolute atomic E-state index is 0.459. The van der Waals surface area contributed by atoms with Crippen molar-refractivity contribution in [3.63, 3.8) is 0 Å². The smallest absolute Gasteiger partial charge is 0.239 e. The van der Waals surface area contributed by atoms with Crippen LogP contribution >= 0.6 is 0 Å². The van der Waals surface area contributed by atoms with E-state index in [1.807, 2.05) is 6.07 Å². The van der Waals surface area contributed by atoms with Crippen LogP contribution in [0, 0.1) is 0 Å². The van der Waals surface area contributed by atoms with Crippen LogP contribution in [0.25, 0.3) is 0 Å². The van der Waals surface area contributed by atoms with Crippen LogP contribution in [-0.4, -0.2) is 23.1 Å². The van der Waals surface area contributed by atoms with E-state index in [2.05, 4.69) is 50.6 Å². The second-order valence-electron chi connectivity index (χ2n) is 4.73. The maximum Gasteiger partial charge on any atom is 0.239 e. The Bertz CT molecular complexity index is 543. The summed E-state index contributed by atoms with van der Waals surface area (Å²) in [4.78, 5) is 10.7. The highest BCUT2D eigenvalue weighted by Gasteiger charge is 2.24. The molecule has 0 bridgehead atoms. The first-order valence-corrected chi connectivity index (χ1v) is 6.46. The number of nitrogens with zero attached hydrogens (tertiary/aromatic N) is 3. The predicted molar refractivity (Wildman–Crippen MR) is 75.9 cm³/mol. The third-order valence-corrected chi connectivity index (χ3v) is 3.55. The SMILES string of the molecule is NNc1nccc(N2CCC(c3ccccc3)C2)n1. The van der Waals surface area contributed by atoms with Gasteiger partial charge < -0.3 is 4.90 Å². The van der Waals surface area contributed by atoms with Gasteiger partial charge >= 0.3 is 0 Å². The lowest BCUT2D eigenvalue weighted by molar-refractivity contribution is 0.774. The van der Waals surface area contributed by atoms with Gasteiger partial charge in [0.2, 0.25) is 5.95 Å². The van der Waals surface area contributed by atoms with Crippen molar-refractivity contribution in [1.29, 1.82) is 0 Å². The standard InChI is InChI=1S/C14H17N5/c15-18-14-16-8-6-13(17-14)19-9-7-12(10-19)11-4-2-1-3-5-11/h1-6,8,12H,7,9-10,15H2,(H,16,17,18). The molecular weight excluding hydrogens is 238 g/mol. The summed E-state index contributed by atoms with van der Waals surface area (Å²) in [5.74, 6) is 7.31. The summed E-state index contributed by atoms with van der Waals surface area (Å²) in [6.07, 6.45) is 2.88. The summed E-state index contributed by atoms with van der Waals surface area (Å²) in [7, 11) is 0. The number of aromatic nitrogens is 2. The normalized spacial score (nSPS) is 18.6. The summed E-state index contributed by atoms with van der Waals surface area (Å²) >= 11 is 0. The number of rotatable bonds is 3. The van der Waals surface area contributed by atoms with Gasteiger partial charge in [-0.05, 0) is 18.1 Å². The van der Waals surface area contributed by atoms with Crippen molar-refractivity contribution in [1.82, 2.24) is 9.97 Å². The van der Waals surface area contributed by atoms with E-state index in [-0.39, 0.29) is 0 Å². The first-order chi connectivity index (χ1) is 9.36. The number of benzene rings is 1. The van der Waals surface area contributed by atoms with Crippen LogP contribution in [0.3, 0.4) is 0 Å². The molecule has 1 aromatic heterocycles. The molecule has 1 aliphatic rings. The van der Waals surface area contributed by atoms with Crippen molar-refractivity contribution in [3.8, 4) is 0 Å². The van der Waals surface area contributed by atoms with Crippen molar-refractivity contribution >= 4 is 11.8 Å². The fraction of sp³-hybridized carbons (Fsp3) is 0.286. The molecule has 2 heterocycles. The molecule has 0 amide bonds. The molecular formula is C14H17N5. The zero-order chi connectivity index (χ0) is 13.1. The molecule has 5 nitrogen and oxygen atoms in total. The van der Waals surface area contributed by atoms with Gasteiger partial charge in [-0.1, -0.05) is 30.3 Å². The molecule has 0 spiro atoms. The Morgan fingerprint density at radius 3 is 2.84 bits per heavy atom. The Morgan fingerprint density at radius 2 is 2.05 bits per heavy atom. The van der Waals surface area contributed by atoms with Crippen molar-refractivity contribution < 1.29 is 0 Å². The number of anilines is 2. The van der Waals surface area contributed by atoms with E-state index >= 15 is 0 Å². The maximum absolute atomic E-state index is 5.34. The fourth-order valence-corrected chi connectivity index (χ4v) is 2.56. The van der Waals surface area contributed by atoms with E-state index in [1.165, 1.54) is 5.56 Å². The predicted octanol–water partition coefficient (Wildman–Crippen LogP) is 1.76. The van der Waals surface area contributed by atoms with Gasteiger partial charge in [0.25, 0.3) is 0 Å². The van der Waals surface area contributed by atoms with Gasteiger partial charge in [0.05, 0.1) is 0 Å². The lowest BCUT2D eigenvalue weighted by atomic mass is 9.99. The van der Waals surface area contributed by atoms with Crippen molar-refractivity contribution in [3.05, 3.63) is 48.2 Å². The van der Waals surface area contributed by atoms with Crippen LogP contribution in [0.4, 0.5) is 11.8 Å². The third-order valence-electron chi connectivity index (χ3n) is 3.55. The largest absolute Gasteiger partial charge is 0.356 e. The monoisotopic (exact) mass is 255 g/mol. The molecule has 2 aromatic rings. The number of hydrogen-bond acceptors (Lipinski definition) is 5. The van der Waals surface area contributed by atoms with Crippen LogP contribution in [0.2, 0.25) is 0 Å². The highest BCUT2D eigenvalue weighted by atomic mass is 15.3. The van der Waals surface area contributed by atoms with Crippen LogP contribution in [0.1, 0.15) is 17.9 Å². The molecule has 0 aliphatic carbocycles. The molecule has 0 radical (unpaired) electrons. The number of hydrogen-bond donors (Lipinski definition) is 2. The Labute approximate surface area is 112 Å². The average Bonchev–Trinajstić information content (AvgIpc) is 2.98. The average molecular weight is 255 g/mol. The van der Waals surface area contributed by atoms with Crippen molar-refractivity contribution in [2.75, 3.05) is 23.4 Å². The van der Waals surface area contributed by atoms with E-state index in [9.17, 15) is 0 Å². The molecule has 0 saturated carbocycles. The third kappa shape index (κ3) is 2.51. The summed E-state index contributed by atoms with van der Waals surface area (Å²) in [6, 6.07) is 12.6. The van der Waals surface area contributed by atoms with E-state index in [0.29, 0.717) is 11.9 Å². The Kier molecular flexibility index (Phi) is 3.29. The van der Waals surface area contributed by atoms with E-state index in [0.717, 1.165) is 25.3 Å². The molecule has 1 unspecified atom stereocenters. The highest BCUT2D eigenvalue weighted by molar-refractivity contribution is 5.44. The van der Waals surface area contributed by atoms with E-state index in [1.54, 1.807) is 6.20 Å². The molecule has 1 aliphatic heterocycles. The van der Waals surface area contributed by atoms with Gasteiger partial charge in [0.1, 0.15) is 5.82 Å². The Balaban J connectivity index is 1.75. The quantitative estimate of drug-likeness (QED) is 0.646. The topological polar surface area (TPSA) is 67.1 Å². The van der Waals surface area contributed by atoms with Gasteiger partial charge in [0, 0.05) is 25.2 Å². The van der Waals surface area contributed by atoms with Gasteiger partial charge in [-0.2, -0.15) is 4.98 Å². The highest BCUT2D eigenvalue weighted by Crippen LogP contribution is 2.29. The molecule has 1 aromatic carbocycles. The number of nitrogen functional groups attached to an aromatic ring is 1. The van der Waals surface area contributed by atoms with Gasteiger partial charge in [-0.25, -0.2) is 10.8 Å². The van der Waals surface area contributed by atoms with Gasteiger partial charge in [0.15, 0.2) is 0 Å². The molecule has 3 rings (SSSR count). The number of nitrogens with two attached hydrogens (primary N) is 1. The Morgan fingerprint density at radius 1 is 1.21 bits per heavy atom. The minimum atomic E-state index is 0.459. The molecule has 98 valence electrons. The van der Waals surface area contributed by atoms with Gasteiger partial charge in [-0.15, -0.1) is 0 Å². The number of nitrogens with one attached hydrogen (secondary N) is 1. The van der Waals surface area contributed by atoms with Gasteiger partial charge in [-0.3, -0.25) is 5.43 Å². The molecule has 1 atom stereocenters. The molecule has 1 saturated heterocycles. The van der Waals surface area contributed by atoms with Crippen LogP contribution < -0.4 is 16.2 Å². The van der Waals surface area contributed by atoms with Crippen LogP contribution in [0.5, 0.6) is 0 Å². The van der Waals surface area contributed by atoms with E-state index < -0.39 is 0 Å². The second-order valence-corrected chi connectivity index (χ2v) is 4.73. The summed E-state index contributed by atoms with van der Waals surface area (Å²) in [5.41, 5.74) is 3.88. The first kappa shape index (κ1) is 11.9. The number of hydrazine groups is 1. The van der Waals surface area contributed by atoms with Crippen LogP contribution in [0.15, 0.2) is 42.6 Å². The second kappa shape index (κ2) is 5.24.